The van der Waals surface area contributed by atoms with Crippen LogP contribution in [-0.2, 0) is 15.9 Å². The van der Waals surface area contributed by atoms with Crippen molar-refractivity contribution in [3.05, 3.63) is 35.1 Å². The molecule has 1 unspecified atom stereocenters. The van der Waals surface area contributed by atoms with Crippen molar-refractivity contribution in [2.45, 2.75) is 57.8 Å². The molecule has 2 aliphatic heterocycles. The summed E-state index contributed by atoms with van der Waals surface area (Å²) in [6.07, 6.45) is 1.65. The third kappa shape index (κ3) is 3.34. The van der Waals surface area contributed by atoms with Crippen molar-refractivity contribution in [2.75, 3.05) is 13.2 Å². The number of fused-ring (bicyclic) bond motifs is 1. The van der Waals surface area contributed by atoms with E-state index in [1.54, 1.807) is 11.0 Å². The molecule has 1 saturated heterocycles. The number of benzene rings is 1. The molecule has 1 amide bonds. The molecule has 0 saturated carbocycles. The molecule has 4 nitrogen and oxygen atoms in total. The van der Waals surface area contributed by atoms with Gasteiger partial charge in [0, 0.05) is 12.1 Å². The van der Waals surface area contributed by atoms with Crippen molar-refractivity contribution >= 4 is 6.09 Å². The van der Waals surface area contributed by atoms with Crippen LogP contribution in [0.3, 0.4) is 0 Å². The summed E-state index contributed by atoms with van der Waals surface area (Å²) in [7, 11) is 0. The molecule has 2 heterocycles. The number of halogens is 1. The van der Waals surface area contributed by atoms with Crippen molar-refractivity contribution in [3.63, 3.8) is 0 Å². The predicted molar refractivity (Wildman–Crippen MR) is 84.8 cm³/mol. The molecule has 1 aromatic carbocycles. The highest BCUT2D eigenvalue weighted by molar-refractivity contribution is 5.69. The number of rotatable bonds is 1. The number of nitrogens with zero attached hydrogens (tertiary/aromatic N) is 1. The van der Waals surface area contributed by atoms with Crippen molar-refractivity contribution in [3.8, 4) is 0 Å². The molecule has 0 bridgehead atoms. The highest BCUT2D eigenvalue weighted by Crippen LogP contribution is 2.38. The number of carbonyl (C=O) groups is 1. The van der Waals surface area contributed by atoms with E-state index in [0.29, 0.717) is 25.1 Å². The molecule has 23 heavy (non-hydrogen) atoms. The maximum Gasteiger partial charge on any atom is 0.410 e. The van der Waals surface area contributed by atoms with Gasteiger partial charge in [-0.2, -0.15) is 0 Å². The summed E-state index contributed by atoms with van der Waals surface area (Å²) in [6.45, 7) is 6.73. The van der Waals surface area contributed by atoms with E-state index in [2.05, 4.69) is 0 Å². The van der Waals surface area contributed by atoms with Crippen LogP contribution < -0.4 is 0 Å². The summed E-state index contributed by atoms with van der Waals surface area (Å²) in [5.41, 5.74) is 1.05. The first kappa shape index (κ1) is 16.2. The van der Waals surface area contributed by atoms with E-state index in [9.17, 15) is 9.18 Å². The van der Waals surface area contributed by atoms with Crippen LogP contribution in [0.1, 0.15) is 50.8 Å². The summed E-state index contributed by atoms with van der Waals surface area (Å²) < 4.78 is 25.7. The predicted octanol–water partition coefficient (Wildman–Crippen LogP) is 3.84. The number of amides is 1. The fraction of sp³-hybridized carbons (Fsp3) is 0.611. The third-order valence-corrected chi connectivity index (χ3v) is 4.37. The molecule has 2 atom stereocenters. The van der Waals surface area contributed by atoms with Gasteiger partial charge in [-0.25, -0.2) is 9.18 Å². The Balaban J connectivity index is 1.86. The fourth-order valence-electron chi connectivity index (χ4n) is 3.46. The van der Waals surface area contributed by atoms with Crippen LogP contribution in [0.4, 0.5) is 9.18 Å². The summed E-state index contributed by atoms with van der Waals surface area (Å²) in [5, 5.41) is 0. The second-order valence-electron chi connectivity index (χ2n) is 7.24. The summed E-state index contributed by atoms with van der Waals surface area (Å²) >= 11 is 0. The lowest BCUT2D eigenvalue weighted by molar-refractivity contribution is -0.0281. The van der Waals surface area contributed by atoms with Gasteiger partial charge >= 0.3 is 6.09 Å². The Morgan fingerprint density at radius 2 is 2.17 bits per heavy atom. The third-order valence-electron chi connectivity index (χ3n) is 4.37. The van der Waals surface area contributed by atoms with Crippen molar-refractivity contribution in [2.24, 2.45) is 0 Å². The van der Waals surface area contributed by atoms with Crippen LogP contribution in [0.2, 0.25) is 0 Å². The zero-order valence-electron chi connectivity index (χ0n) is 14.0. The molecule has 126 valence electrons. The Kier molecular flexibility index (Phi) is 4.32. The van der Waals surface area contributed by atoms with Gasteiger partial charge in [0.15, 0.2) is 0 Å². The first-order chi connectivity index (χ1) is 10.9. The molecule has 2 aliphatic rings. The van der Waals surface area contributed by atoms with Gasteiger partial charge in [-0.3, -0.25) is 0 Å². The van der Waals surface area contributed by atoms with Crippen LogP contribution >= 0.6 is 0 Å². The Morgan fingerprint density at radius 3 is 2.91 bits per heavy atom. The van der Waals surface area contributed by atoms with E-state index in [1.807, 2.05) is 26.8 Å². The van der Waals surface area contributed by atoms with Gasteiger partial charge in [0.05, 0.1) is 12.6 Å². The number of carbonyl (C=O) groups excluding carboxylic acids is 1. The second-order valence-corrected chi connectivity index (χ2v) is 7.24. The minimum Gasteiger partial charge on any atom is -0.444 e. The maximum atomic E-state index is 14.4. The van der Waals surface area contributed by atoms with Crippen LogP contribution in [0.15, 0.2) is 18.2 Å². The monoisotopic (exact) mass is 321 g/mol. The number of hydrogen-bond donors (Lipinski definition) is 0. The van der Waals surface area contributed by atoms with E-state index in [1.165, 1.54) is 6.07 Å². The van der Waals surface area contributed by atoms with E-state index < -0.39 is 11.7 Å². The normalized spacial score (nSPS) is 24.4. The van der Waals surface area contributed by atoms with Crippen molar-refractivity contribution < 1.29 is 18.7 Å². The average Bonchev–Trinajstić information content (AvgIpc) is 2.94. The molecule has 5 heteroatoms. The van der Waals surface area contributed by atoms with Gasteiger partial charge in [-0.15, -0.1) is 0 Å². The highest BCUT2D eigenvalue weighted by atomic mass is 19.1. The van der Waals surface area contributed by atoms with Crippen molar-refractivity contribution in [1.82, 2.24) is 4.90 Å². The molecule has 1 fully saturated rings. The minimum absolute atomic E-state index is 0.166. The molecular formula is C18H24FNO3. The smallest absolute Gasteiger partial charge is 0.410 e. The topological polar surface area (TPSA) is 38.8 Å². The van der Waals surface area contributed by atoms with Gasteiger partial charge in [0.1, 0.15) is 17.5 Å². The Labute approximate surface area is 136 Å². The summed E-state index contributed by atoms with van der Waals surface area (Å²) in [4.78, 5) is 14.2. The quantitative estimate of drug-likeness (QED) is 0.789. The van der Waals surface area contributed by atoms with Gasteiger partial charge in [0.25, 0.3) is 0 Å². The minimum atomic E-state index is -0.541. The highest BCUT2D eigenvalue weighted by Gasteiger charge is 2.41. The lowest BCUT2D eigenvalue weighted by Gasteiger charge is -2.36. The molecule has 0 aromatic heterocycles. The second kappa shape index (κ2) is 6.11. The van der Waals surface area contributed by atoms with Crippen LogP contribution in [-0.4, -0.2) is 35.8 Å². The Bertz CT molecular complexity index is 596. The molecule has 3 rings (SSSR count). The van der Waals surface area contributed by atoms with Gasteiger partial charge < -0.3 is 14.4 Å². The first-order valence-electron chi connectivity index (χ1n) is 8.25. The molecule has 0 aliphatic carbocycles. The van der Waals surface area contributed by atoms with Crippen LogP contribution in [0.5, 0.6) is 0 Å². The summed E-state index contributed by atoms with van der Waals surface area (Å²) in [5.74, 6) is -0.247. The van der Waals surface area contributed by atoms with E-state index in [0.717, 1.165) is 18.4 Å². The number of hydrogen-bond acceptors (Lipinski definition) is 3. The summed E-state index contributed by atoms with van der Waals surface area (Å²) in [6, 6.07) is 4.98. The maximum absolute atomic E-state index is 14.4. The number of ether oxygens (including phenoxy) is 2. The van der Waals surface area contributed by atoms with Crippen molar-refractivity contribution in [1.29, 1.82) is 0 Å². The SMILES string of the molecule is CC(C)(C)OC(=O)N1CCC[C@H]1C1OCCc2cccc(F)c21. The average molecular weight is 321 g/mol. The fourth-order valence-corrected chi connectivity index (χ4v) is 3.46. The van der Waals surface area contributed by atoms with E-state index in [-0.39, 0.29) is 18.0 Å². The molecular weight excluding hydrogens is 297 g/mol. The first-order valence-corrected chi connectivity index (χ1v) is 8.25. The van der Waals surface area contributed by atoms with Gasteiger partial charge in [0.2, 0.25) is 0 Å². The van der Waals surface area contributed by atoms with Gasteiger partial charge in [-0.1, -0.05) is 12.1 Å². The Morgan fingerprint density at radius 1 is 1.39 bits per heavy atom. The lowest BCUT2D eigenvalue weighted by atomic mass is 9.91. The molecule has 1 aromatic rings. The largest absolute Gasteiger partial charge is 0.444 e. The molecule has 0 radical (unpaired) electrons. The lowest BCUT2D eigenvalue weighted by Crippen LogP contribution is -2.44. The molecule has 0 spiro atoms. The molecule has 0 N–H and O–H groups in total. The van der Waals surface area contributed by atoms with Crippen LogP contribution in [0.25, 0.3) is 0 Å². The Hall–Kier alpha value is -1.62. The van der Waals surface area contributed by atoms with E-state index >= 15 is 0 Å². The standard InChI is InChI=1S/C18H24FNO3/c1-18(2,3)23-17(21)20-10-5-8-14(20)16-15-12(9-11-22-16)6-4-7-13(15)19/h4,6-7,14,16H,5,8-11H2,1-3H3/t14-,16?/m0/s1. The number of likely N-dealkylation sites (tertiary alicyclic amines) is 1. The zero-order chi connectivity index (χ0) is 16.6. The van der Waals surface area contributed by atoms with Gasteiger partial charge in [-0.05, 0) is 51.7 Å². The van der Waals surface area contributed by atoms with Crippen LogP contribution in [0, 0.1) is 5.82 Å². The van der Waals surface area contributed by atoms with E-state index in [4.69, 9.17) is 9.47 Å². The zero-order valence-corrected chi connectivity index (χ0v) is 14.0.